The first kappa shape index (κ1) is 11.2. The summed E-state index contributed by atoms with van der Waals surface area (Å²) in [6.45, 7) is 1.97. The molecule has 0 fully saturated rings. The van der Waals surface area contributed by atoms with Crippen LogP contribution in [0, 0.1) is 6.92 Å². The Hall–Kier alpha value is -1.95. The van der Waals surface area contributed by atoms with E-state index in [9.17, 15) is 0 Å². The Morgan fingerprint density at radius 3 is 2.89 bits per heavy atom. The Labute approximate surface area is 108 Å². The maximum Gasteiger partial charge on any atom is 0.234 e. The minimum absolute atomic E-state index is 0.790. The van der Waals surface area contributed by atoms with Crippen LogP contribution in [-0.2, 0) is 12.8 Å². The van der Waals surface area contributed by atoms with Gasteiger partial charge in [0.15, 0.2) is 5.82 Å². The number of nitrogens with zero attached hydrogens (tertiary/aromatic N) is 4. The normalized spacial score (nSPS) is 11.2. The van der Waals surface area contributed by atoms with Crippen molar-refractivity contribution in [3.8, 4) is 0 Å². The average molecular weight is 259 g/mol. The number of hydrogen-bond donors (Lipinski definition) is 1. The van der Waals surface area contributed by atoms with E-state index in [2.05, 4.69) is 15.3 Å². The van der Waals surface area contributed by atoms with Crippen LogP contribution in [0.5, 0.6) is 0 Å². The van der Waals surface area contributed by atoms with Crippen LogP contribution in [0.3, 0.4) is 0 Å². The van der Waals surface area contributed by atoms with Gasteiger partial charge in [-0.1, -0.05) is 29.5 Å². The molecule has 0 bridgehead atoms. The molecular formula is C12H13N5S. The van der Waals surface area contributed by atoms with Gasteiger partial charge in [0.1, 0.15) is 5.01 Å². The largest absolute Gasteiger partial charge is 0.399 e. The molecule has 0 amide bonds. The van der Waals surface area contributed by atoms with Crippen molar-refractivity contribution in [2.45, 2.75) is 19.8 Å². The first-order chi connectivity index (χ1) is 8.74. The molecule has 2 N–H and O–H groups in total. The van der Waals surface area contributed by atoms with Gasteiger partial charge < -0.3 is 5.73 Å². The molecule has 5 nitrogen and oxygen atoms in total. The Balaban J connectivity index is 1.83. The smallest absolute Gasteiger partial charge is 0.234 e. The molecule has 0 aliphatic heterocycles. The molecule has 6 heteroatoms. The van der Waals surface area contributed by atoms with Crippen molar-refractivity contribution in [1.82, 2.24) is 19.8 Å². The quantitative estimate of drug-likeness (QED) is 0.729. The van der Waals surface area contributed by atoms with E-state index in [0.29, 0.717) is 0 Å². The van der Waals surface area contributed by atoms with Gasteiger partial charge in [0, 0.05) is 12.1 Å². The molecule has 3 aromatic rings. The number of hydrogen-bond acceptors (Lipinski definition) is 5. The summed E-state index contributed by atoms with van der Waals surface area (Å²) in [5.41, 5.74) is 7.89. The summed E-state index contributed by atoms with van der Waals surface area (Å²) >= 11 is 1.55. The molecule has 92 valence electrons. The highest BCUT2D eigenvalue weighted by atomic mass is 32.1. The summed E-state index contributed by atoms with van der Waals surface area (Å²) in [5, 5.41) is 13.7. The molecule has 0 unspecified atom stereocenters. The fourth-order valence-electron chi connectivity index (χ4n) is 1.92. The lowest BCUT2D eigenvalue weighted by Crippen LogP contribution is -2.01. The van der Waals surface area contributed by atoms with Gasteiger partial charge >= 0.3 is 0 Å². The first-order valence-electron chi connectivity index (χ1n) is 5.75. The second kappa shape index (κ2) is 4.38. The second-order valence-electron chi connectivity index (χ2n) is 4.13. The van der Waals surface area contributed by atoms with Crippen LogP contribution in [-0.4, -0.2) is 19.8 Å². The maximum absolute atomic E-state index is 5.92. The van der Waals surface area contributed by atoms with E-state index in [0.717, 1.165) is 39.9 Å². The molecule has 3 rings (SSSR count). The highest BCUT2D eigenvalue weighted by Crippen LogP contribution is 2.16. The van der Waals surface area contributed by atoms with Gasteiger partial charge in [-0.05, 0) is 25.0 Å². The SMILES string of the molecule is Cc1nn2c(CCc3ccccc3N)nnc2s1. The van der Waals surface area contributed by atoms with Crippen molar-refractivity contribution < 1.29 is 0 Å². The van der Waals surface area contributed by atoms with E-state index < -0.39 is 0 Å². The minimum atomic E-state index is 0.790. The topological polar surface area (TPSA) is 69.1 Å². The molecule has 0 radical (unpaired) electrons. The van der Waals surface area contributed by atoms with Gasteiger partial charge in [0.25, 0.3) is 0 Å². The fourth-order valence-corrected chi connectivity index (χ4v) is 2.62. The summed E-state index contributed by atoms with van der Waals surface area (Å²) in [6, 6.07) is 7.90. The monoisotopic (exact) mass is 259 g/mol. The number of nitrogens with two attached hydrogens (primary N) is 1. The summed E-state index contributed by atoms with van der Waals surface area (Å²) in [4.78, 5) is 0.850. The third kappa shape index (κ3) is 1.95. The number of para-hydroxylation sites is 1. The number of rotatable bonds is 3. The number of anilines is 1. The van der Waals surface area contributed by atoms with Gasteiger partial charge in [-0.25, -0.2) is 0 Å². The summed E-state index contributed by atoms with van der Waals surface area (Å²) in [5.74, 6) is 0.887. The zero-order chi connectivity index (χ0) is 12.5. The highest BCUT2D eigenvalue weighted by molar-refractivity contribution is 7.16. The summed E-state index contributed by atoms with van der Waals surface area (Å²) in [6.07, 6.45) is 1.64. The lowest BCUT2D eigenvalue weighted by atomic mass is 10.1. The number of nitrogen functional groups attached to an aromatic ring is 1. The first-order valence-corrected chi connectivity index (χ1v) is 6.57. The molecular weight excluding hydrogens is 246 g/mol. The lowest BCUT2D eigenvalue weighted by Gasteiger charge is -2.03. The zero-order valence-corrected chi connectivity index (χ0v) is 10.8. The van der Waals surface area contributed by atoms with Crippen LogP contribution >= 0.6 is 11.3 Å². The van der Waals surface area contributed by atoms with Gasteiger partial charge in [-0.2, -0.15) is 9.61 Å². The second-order valence-corrected chi connectivity index (χ2v) is 5.29. The predicted octanol–water partition coefficient (Wildman–Crippen LogP) is 1.86. The van der Waals surface area contributed by atoms with E-state index in [1.54, 1.807) is 11.3 Å². The van der Waals surface area contributed by atoms with Crippen molar-refractivity contribution in [2.75, 3.05) is 5.73 Å². The average Bonchev–Trinajstić information content (AvgIpc) is 2.88. The van der Waals surface area contributed by atoms with Crippen LogP contribution in [0.4, 0.5) is 5.69 Å². The van der Waals surface area contributed by atoms with Gasteiger partial charge in [0.05, 0.1) is 0 Å². The molecule has 0 saturated carbocycles. The van der Waals surface area contributed by atoms with E-state index in [4.69, 9.17) is 5.73 Å². The van der Waals surface area contributed by atoms with Crippen molar-refractivity contribution >= 4 is 22.0 Å². The number of aromatic nitrogens is 4. The van der Waals surface area contributed by atoms with Crippen LogP contribution in [0.1, 0.15) is 16.4 Å². The standard InChI is InChI=1S/C12H13N5S/c1-8-16-17-11(14-15-12(17)18-8)7-6-9-4-2-3-5-10(9)13/h2-5H,6-7,13H2,1H3. The lowest BCUT2D eigenvalue weighted by molar-refractivity contribution is 0.786. The number of fused-ring (bicyclic) bond motifs is 1. The Morgan fingerprint density at radius 2 is 2.06 bits per heavy atom. The predicted molar refractivity (Wildman–Crippen MR) is 71.7 cm³/mol. The van der Waals surface area contributed by atoms with Crippen LogP contribution < -0.4 is 5.73 Å². The molecule has 1 aromatic carbocycles. The third-order valence-corrected chi connectivity index (χ3v) is 3.64. The van der Waals surface area contributed by atoms with E-state index >= 15 is 0 Å². The van der Waals surface area contributed by atoms with Crippen molar-refractivity contribution in [3.63, 3.8) is 0 Å². The fraction of sp³-hybridized carbons (Fsp3) is 0.250. The van der Waals surface area contributed by atoms with Crippen molar-refractivity contribution in [1.29, 1.82) is 0 Å². The highest BCUT2D eigenvalue weighted by Gasteiger charge is 2.10. The minimum Gasteiger partial charge on any atom is -0.399 e. The van der Waals surface area contributed by atoms with E-state index in [-0.39, 0.29) is 0 Å². The van der Waals surface area contributed by atoms with Gasteiger partial charge in [-0.3, -0.25) is 0 Å². The molecule has 0 atom stereocenters. The van der Waals surface area contributed by atoms with Crippen LogP contribution in [0.25, 0.3) is 4.96 Å². The van der Waals surface area contributed by atoms with E-state index in [1.165, 1.54) is 0 Å². The van der Waals surface area contributed by atoms with Crippen LogP contribution in [0.2, 0.25) is 0 Å². The van der Waals surface area contributed by atoms with Gasteiger partial charge in [-0.15, -0.1) is 10.2 Å². The zero-order valence-electron chi connectivity index (χ0n) is 10.00. The van der Waals surface area contributed by atoms with Crippen molar-refractivity contribution in [2.24, 2.45) is 0 Å². The molecule has 0 aliphatic rings. The Kier molecular flexibility index (Phi) is 2.71. The Bertz CT molecular complexity index is 685. The van der Waals surface area contributed by atoms with E-state index in [1.807, 2.05) is 35.7 Å². The molecule has 0 aliphatic carbocycles. The number of aryl methyl sites for hydroxylation is 3. The Morgan fingerprint density at radius 1 is 1.22 bits per heavy atom. The molecule has 2 heterocycles. The van der Waals surface area contributed by atoms with Gasteiger partial charge in [0.2, 0.25) is 4.96 Å². The number of benzene rings is 1. The molecule has 0 saturated heterocycles. The van der Waals surface area contributed by atoms with Crippen LogP contribution in [0.15, 0.2) is 24.3 Å². The summed E-state index contributed by atoms with van der Waals surface area (Å²) < 4.78 is 1.82. The molecule has 0 spiro atoms. The summed E-state index contributed by atoms with van der Waals surface area (Å²) in [7, 11) is 0. The maximum atomic E-state index is 5.92. The molecule has 2 aromatic heterocycles. The molecule has 18 heavy (non-hydrogen) atoms. The third-order valence-electron chi connectivity index (χ3n) is 2.83. The van der Waals surface area contributed by atoms with Crippen molar-refractivity contribution in [3.05, 3.63) is 40.7 Å².